The molecule has 1 aromatic carbocycles. The predicted octanol–water partition coefficient (Wildman–Crippen LogP) is 4.23. The summed E-state index contributed by atoms with van der Waals surface area (Å²) in [6.07, 6.45) is 4.21. The van der Waals surface area contributed by atoms with Crippen molar-refractivity contribution in [3.63, 3.8) is 0 Å². The fourth-order valence-corrected chi connectivity index (χ4v) is 3.47. The number of benzene rings is 1. The largest absolute Gasteiger partial charge is 0.391 e. The monoisotopic (exact) mass is 362 g/mol. The average molecular weight is 362 g/mol. The van der Waals surface area contributed by atoms with Crippen molar-refractivity contribution in [2.75, 3.05) is 10.6 Å². The van der Waals surface area contributed by atoms with Crippen molar-refractivity contribution in [3.8, 4) is 0 Å². The Labute approximate surface area is 157 Å². The highest BCUT2D eigenvalue weighted by molar-refractivity contribution is 5.79. The second-order valence-electron chi connectivity index (χ2n) is 6.81. The Morgan fingerprint density at radius 2 is 2.11 bits per heavy atom. The lowest BCUT2D eigenvalue weighted by molar-refractivity contribution is 0.171. The van der Waals surface area contributed by atoms with E-state index in [2.05, 4.69) is 31.8 Å². The molecule has 0 aliphatic heterocycles. The van der Waals surface area contributed by atoms with Crippen molar-refractivity contribution in [1.29, 1.82) is 5.53 Å². The van der Waals surface area contributed by atoms with Crippen LogP contribution in [0.4, 0.5) is 17.3 Å². The molecular formula is C20H22N6O. The molecule has 27 heavy (non-hydrogen) atoms. The molecule has 2 heterocycles. The van der Waals surface area contributed by atoms with Gasteiger partial charge in [0.05, 0.1) is 17.7 Å². The summed E-state index contributed by atoms with van der Waals surface area (Å²) >= 11 is 0. The van der Waals surface area contributed by atoms with Gasteiger partial charge in [-0.1, -0.05) is 12.1 Å². The molecule has 1 aliphatic carbocycles. The third kappa shape index (κ3) is 3.88. The van der Waals surface area contributed by atoms with Gasteiger partial charge < -0.3 is 15.7 Å². The second kappa shape index (κ2) is 7.67. The first kappa shape index (κ1) is 17.4. The minimum atomic E-state index is -0.338. The Kier molecular flexibility index (Phi) is 4.93. The van der Waals surface area contributed by atoms with Gasteiger partial charge in [0, 0.05) is 18.1 Å². The molecule has 4 N–H and O–H groups in total. The van der Waals surface area contributed by atoms with Gasteiger partial charge in [-0.25, -0.2) is 10.5 Å². The van der Waals surface area contributed by atoms with Crippen molar-refractivity contribution in [1.82, 2.24) is 9.97 Å². The lowest BCUT2D eigenvalue weighted by Gasteiger charge is -2.18. The first-order valence-corrected chi connectivity index (χ1v) is 9.13. The van der Waals surface area contributed by atoms with Crippen LogP contribution in [0.3, 0.4) is 0 Å². The molecule has 2 atom stereocenters. The van der Waals surface area contributed by atoms with Gasteiger partial charge in [-0.05, 0) is 55.2 Å². The smallest absolute Gasteiger partial charge is 0.156 e. The quantitative estimate of drug-likeness (QED) is 0.491. The highest BCUT2D eigenvalue weighted by Crippen LogP contribution is 2.28. The van der Waals surface area contributed by atoms with E-state index in [0.29, 0.717) is 23.9 Å². The van der Waals surface area contributed by atoms with E-state index in [1.54, 1.807) is 18.3 Å². The summed E-state index contributed by atoms with van der Waals surface area (Å²) in [4.78, 5) is 8.89. The number of rotatable bonds is 6. The minimum absolute atomic E-state index is 0.0251. The third-order valence-corrected chi connectivity index (χ3v) is 4.93. The number of nitrogens with one attached hydrogen (secondary N) is 3. The predicted molar refractivity (Wildman–Crippen MR) is 105 cm³/mol. The molecule has 0 radical (unpaired) electrons. The summed E-state index contributed by atoms with van der Waals surface area (Å²) in [6, 6.07) is 13.6. The van der Waals surface area contributed by atoms with Crippen LogP contribution >= 0.6 is 0 Å². The first-order chi connectivity index (χ1) is 13.2. The molecule has 0 amide bonds. The van der Waals surface area contributed by atoms with Crippen LogP contribution in [0.25, 0.3) is 10.9 Å². The lowest BCUT2D eigenvalue weighted by atomic mass is 10.1. The molecule has 3 aromatic rings. The van der Waals surface area contributed by atoms with Crippen LogP contribution in [0, 0.1) is 5.53 Å². The molecule has 0 saturated heterocycles. The molecule has 138 valence electrons. The van der Waals surface area contributed by atoms with Crippen molar-refractivity contribution in [2.45, 2.75) is 38.0 Å². The normalized spacial score (nSPS) is 19.1. The van der Waals surface area contributed by atoms with Gasteiger partial charge in [0.25, 0.3) is 0 Å². The molecule has 1 unspecified atom stereocenters. The van der Waals surface area contributed by atoms with Crippen LogP contribution in [0.15, 0.2) is 53.8 Å². The summed E-state index contributed by atoms with van der Waals surface area (Å²) in [5.41, 5.74) is 9.92. The SMILES string of the molecule is N=Nc1ccc(N[C@@H]2CCCC2O)nc1NCc1ccc2ncccc2c1. The van der Waals surface area contributed by atoms with Crippen molar-refractivity contribution in [3.05, 3.63) is 54.2 Å². The summed E-state index contributed by atoms with van der Waals surface area (Å²) in [5, 5.41) is 21.2. The Hall–Kier alpha value is -3.06. The van der Waals surface area contributed by atoms with Crippen LogP contribution in [0.5, 0.6) is 0 Å². The highest BCUT2D eigenvalue weighted by Gasteiger charge is 2.25. The Morgan fingerprint density at radius 3 is 2.93 bits per heavy atom. The number of aromatic nitrogens is 2. The van der Waals surface area contributed by atoms with E-state index >= 15 is 0 Å². The van der Waals surface area contributed by atoms with E-state index in [1.165, 1.54) is 0 Å². The topological polar surface area (TPSA) is 106 Å². The molecule has 0 spiro atoms. The van der Waals surface area contributed by atoms with Crippen LogP contribution in [0.2, 0.25) is 0 Å². The molecule has 0 bridgehead atoms. The van der Waals surface area contributed by atoms with Crippen LogP contribution in [-0.2, 0) is 6.54 Å². The average Bonchev–Trinajstić information content (AvgIpc) is 3.11. The molecule has 7 nitrogen and oxygen atoms in total. The summed E-state index contributed by atoms with van der Waals surface area (Å²) < 4.78 is 0. The van der Waals surface area contributed by atoms with E-state index in [1.807, 2.05) is 24.3 Å². The van der Waals surface area contributed by atoms with Crippen molar-refractivity contribution >= 4 is 28.2 Å². The zero-order chi connectivity index (χ0) is 18.6. The maximum atomic E-state index is 10.00. The number of aliphatic hydroxyl groups excluding tert-OH is 1. The van der Waals surface area contributed by atoms with Gasteiger partial charge in [-0.2, -0.15) is 5.11 Å². The summed E-state index contributed by atoms with van der Waals surface area (Å²) in [5.74, 6) is 1.23. The lowest BCUT2D eigenvalue weighted by Crippen LogP contribution is -2.28. The molecule has 1 fully saturated rings. The molecule has 7 heteroatoms. The van der Waals surface area contributed by atoms with Gasteiger partial charge in [-0.3, -0.25) is 4.98 Å². The number of hydrogen-bond donors (Lipinski definition) is 4. The van der Waals surface area contributed by atoms with E-state index in [0.717, 1.165) is 35.7 Å². The minimum Gasteiger partial charge on any atom is -0.391 e. The number of fused-ring (bicyclic) bond motifs is 1. The molecular weight excluding hydrogens is 340 g/mol. The third-order valence-electron chi connectivity index (χ3n) is 4.93. The van der Waals surface area contributed by atoms with E-state index < -0.39 is 0 Å². The maximum absolute atomic E-state index is 10.00. The van der Waals surface area contributed by atoms with E-state index in [-0.39, 0.29) is 12.1 Å². The van der Waals surface area contributed by atoms with Gasteiger partial charge in [0.1, 0.15) is 11.5 Å². The van der Waals surface area contributed by atoms with Gasteiger partial charge >= 0.3 is 0 Å². The number of nitrogens with zero attached hydrogens (tertiary/aromatic N) is 3. The van der Waals surface area contributed by atoms with E-state index in [4.69, 9.17) is 5.53 Å². The van der Waals surface area contributed by atoms with Crippen LogP contribution < -0.4 is 10.6 Å². The van der Waals surface area contributed by atoms with Crippen molar-refractivity contribution < 1.29 is 5.11 Å². The fraction of sp³-hybridized carbons (Fsp3) is 0.300. The fourth-order valence-electron chi connectivity index (χ4n) is 3.47. The highest BCUT2D eigenvalue weighted by atomic mass is 16.3. The zero-order valence-electron chi connectivity index (χ0n) is 14.9. The maximum Gasteiger partial charge on any atom is 0.156 e. The Bertz CT molecular complexity index is 960. The number of hydrogen-bond acceptors (Lipinski definition) is 7. The molecule has 4 rings (SSSR count). The molecule has 2 aromatic heterocycles. The van der Waals surface area contributed by atoms with Crippen LogP contribution in [0.1, 0.15) is 24.8 Å². The summed E-state index contributed by atoms with van der Waals surface area (Å²) in [6.45, 7) is 0.565. The number of pyridine rings is 2. The zero-order valence-corrected chi connectivity index (χ0v) is 14.9. The van der Waals surface area contributed by atoms with Gasteiger partial charge in [-0.15, -0.1) is 0 Å². The van der Waals surface area contributed by atoms with Gasteiger partial charge in [0.2, 0.25) is 0 Å². The molecule has 1 saturated carbocycles. The van der Waals surface area contributed by atoms with E-state index in [9.17, 15) is 5.11 Å². The number of anilines is 2. The number of aliphatic hydroxyl groups is 1. The Balaban J connectivity index is 1.50. The van der Waals surface area contributed by atoms with Gasteiger partial charge in [0.15, 0.2) is 5.82 Å². The standard InChI is InChI=1S/C20H22N6O/c21-26-17-8-9-19(24-16-4-1-5-18(16)27)25-20(17)23-12-13-6-7-15-14(11-13)3-2-10-22-15/h2-3,6-11,16,18,21,27H,1,4-5,12H2,(H2,23,24,25)/t16-,18?/m1/s1. The molecule has 1 aliphatic rings. The Morgan fingerprint density at radius 1 is 1.19 bits per heavy atom. The second-order valence-corrected chi connectivity index (χ2v) is 6.81. The van der Waals surface area contributed by atoms with Crippen molar-refractivity contribution in [2.24, 2.45) is 5.11 Å². The van der Waals surface area contributed by atoms with Crippen LogP contribution in [-0.4, -0.2) is 27.2 Å². The summed E-state index contributed by atoms with van der Waals surface area (Å²) in [7, 11) is 0. The first-order valence-electron chi connectivity index (χ1n) is 9.13.